The lowest BCUT2D eigenvalue weighted by molar-refractivity contribution is -0.276. The van der Waals surface area contributed by atoms with E-state index in [9.17, 15) is 21.6 Å². The van der Waals surface area contributed by atoms with Gasteiger partial charge in [0, 0.05) is 0 Å². The maximum absolute atomic E-state index is 12.2. The van der Waals surface area contributed by atoms with E-state index in [-0.39, 0.29) is 3.70 Å². The number of sulfonamides is 1. The summed E-state index contributed by atoms with van der Waals surface area (Å²) in [5.41, 5.74) is 0. The summed E-state index contributed by atoms with van der Waals surface area (Å²) in [5, 5.41) is 4.81. The van der Waals surface area contributed by atoms with E-state index in [4.69, 9.17) is 5.14 Å². The third kappa shape index (κ3) is 3.84. The molecule has 0 aliphatic carbocycles. The number of primary sulfonamides is 1. The van der Waals surface area contributed by atoms with Crippen molar-refractivity contribution in [2.45, 2.75) is 11.3 Å². The molecule has 0 spiro atoms. The van der Waals surface area contributed by atoms with Crippen LogP contribution in [0.2, 0.25) is 0 Å². The van der Waals surface area contributed by atoms with E-state index < -0.39 is 32.9 Å². The van der Waals surface area contributed by atoms with Crippen molar-refractivity contribution in [2.24, 2.45) is 5.14 Å². The summed E-state index contributed by atoms with van der Waals surface area (Å²) in [6.07, 6.45) is -5.10. The summed E-state index contributed by atoms with van der Waals surface area (Å²) in [6.45, 7) is 0. The summed E-state index contributed by atoms with van der Waals surface area (Å²) in [7, 11) is -3.39. The summed E-state index contributed by atoms with van der Waals surface area (Å²) in [4.78, 5) is 2.72. The first kappa shape index (κ1) is 15.2. The molecule has 102 valence electrons. The highest BCUT2D eigenvalue weighted by atomic mass is 127. The van der Waals surface area contributed by atoms with Crippen LogP contribution in [0.1, 0.15) is 0 Å². The molecular weight excluding hydrogens is 392 g/mol. The zero-order chi connectivity index (χ0) is 14.1. The fraction of sp³-hybridized carbons (Fsp3) is 0.286. The Morgan fingerprint density at radius 3 is 2.39 bits per heavy atom. The average molecular weight is 398 g/mol. The molecule has 18 heavy (non-hydrogen) atoms. The molecule has 1 heterocycles. The second kappa shape index (κ2) is 5.05. The highest BCUT2D eigenvalue weighted by molar-refractivity contribution is 14.1. The van der Waals surface area contributed by atoms with Crippen LogP contribution < -0.4 is 14.6 Å². The second-order valence-electron chi connectivity index (χ2n) is 2.87. The Labute approximate surface area is 113 Å². The smallest absolute Gasteiger partial charge is 0.478 e. The van der Waals surface area contributed by atoms with Gasteiger partial charge in [-0.15, -0.1) is 13.2 Å². The van der Waals surface area contributed by atoms with E-state index in [1.807, 2.05) is 0 Å². The first-order valence-corrected chi connectivity index (χ1v) is 6.70. The number of nitrogens with zero attached hydrogens (tertiary/aromatic N) is 1. The average Bonchev–Trinajstić information content (AvgIpc) is 2.16. The highest BCUT2D eigenvalue weighted by Crippen LogP contribution is 2.36. The Kier molecular flexibility index (Phi) is 4.27. The molecule has 0 unspecified atom stereocenters. The molecule has 0 amide bonds. The van der Waals surface area contributed by atoms with Gasteiger partial charge in [0.2, 0.25) is 15.8 Å². The van der Waals surface area contributed by atoms with Gasteiger partial charge in [-0.3, -0.25) is 0 Å². The summed E-state index contributed by atoms with van der Waals surface area (Å²) >= 11 is 1.60. The first-order chi connectivity index (χ1) is 8.04. The number of nitrogens with two attached hydrogens (primary N) is 1. The predicted octanol–water partition coefficient (Wildman–Crippen LogP) is 1.24. The van der Waals surface area contributed by atoms with Crippen LogP contribution in [-0.2, 0) is 10.0 Å². The molecule has 1 aromatic rings. The molecule has 0 radical (unpaired) electrons. The van der Waals surface area contributed by atoms with Gasteiger partial charge < -0.3 is 9.47 Å². The number of aromatic nitrogens is 1. The number of alkyl halides is 3. The second-order valence-corrected chi connectivity index (χ2v) is 5.51. The summed E-state index contributed by atoms with van der Waals surface area (Å²) < 4.78 is 67.2. The largest absolute Gasteiger partial charge is 0.573 e. The lowest BCUT2D eigenvalue weighted by Crippen LogP contribution is -2.22. The Hall–Kier alpha value is -0.820. The Bertz CT molecular complexity index is 561. The van der Waals surface area contributed by atoms with Crippen LogP contribution in [0.5, 0.6) is 11.6 Å². The highest BCUT2D eigenvalue weighted by Gasteiger charge is 2.36. The normalized spacial score (nSPS) is 12.3. The van der Waals surface area contributed by atoms with Crippen molar-refractivity contribution in [1.82, 2.24) is 4.98 Å². The van der Waals surface area contributed by atoms with Gasteiger partial charge in [0.25, 0.3) is 5.88 Å². The fourth-order valence-corrected chi connectivity index (χ4v) is 2.42. The predicted molar refractivity (Wildman–Crippen MR) is 61.6 cm³/mol. The standard InChI is InChI=1S/C7H6F3IN2O4S/c1-16-6-5(17-7(8,9)10)3(18(12,14)15)2-4(11)13-6/h2H,1H3,(H2,12,14,15). The number of halogens is 4. The fourth-order valence-electron chi connectivity index (χ4n) is 1.02. The molecule has 0 saturated heterocycles. The van der Waals surface area contributed by atoms with Gasteiger partial charge in [0.15, 0.2) is 0 Å². The van der Waals surface area contributed by atoms with Crippen molar-refractivity contribution in [1.29, 1.82) is 0 Å². The molecule has 0 bridgehead atoms. The summed E-state index contributed by atoms with van der Waals surface area (Å²) in [5.74, 6) is -1.71. The lowest BCUT2D eigenvalue weighted by atomic mass is 10.4. The lowest BCUT2D eigenvalue weighted by Gasteiger charge is -2.14. The number of hydrogen-bond donors (Lipinski definition) is 1. The van der Waals surface area contributed by atoms with Crippen LogP contribution in [0, 0.1) is 3.70 Å². The van der Waals surface area contributed by atoms with Gasteiger partial charge in [-0.1, -0.05) is 0 Å². The van der Waals surface area contributed by atoms with E-state index in [0.717, 1.165) is 13.2 Å². The molecule has 1 aromatic heterocycles. The van der Waals surface area contributed by atoms with E-state index in [2.05, 4.69) is 14.5 Å². The van der Waals surface area contributed by atoms with Crippen LogP contribution in [-0.4, -0.2) is 26.9 Å². The maximum atomic E-state index is 12.2. The molecule has 0 fully saturated rings. The minimum absolute atomic E-state index is 0.0861. The van der Waals surface area contributed by atoms with E-state index in [1.54, 1.807) is 22.6 Å². The van der Waals surface area contributed by atoms with Gasteiger partial charge in [-0.2, -0.15) is 0 Å². The van der Waals surface area contributed by atoms with Crippen LogP contribution >= 0.6 is 22.6 Å². The third-order valence-electron chi connectivity index (χ3n) is 1.59. The Morgan fingerprint density at radius 2 is 2.00 bits per heavy atom. The van der Waals surface area contributed by atoms with E-state index >= 15 is 0 Å². The molecule has 2 N–H and O–H groups in total. The Morgan fingerprint density at radius 1 is 1.44 bits per heavy atom. The molecule has 11 heteroatoms. The van der Waals surface area contributed by atoms with Crippen molar-refractivity contribution in [3.8, 4) is 11.6 Å². The minimum Gasteiger partial charge on any atom is -0.478 e. The minimum atomic E-state index is -5.10. The van der Waals surface area contributed by atoms with Gasteiger partial charge in [0.1, 0.15) is 8.60 Å². The van der Waals surface area contributed by atoms with Gasteiger partial charge in [-0.25, -0.2) is 18.5 Å². The molecule has 0 aliphatic rings. The third-order valence-corrected chi connectivity index (χ3v) is 3.06. The zero-order valence-corrected chi connectivity index (χ0v) is 11.6. The number of ether oxygens (including phenoxy) is 2. The number of pyridine rings is 1. The van der Waals surface area contributed by atoms with Crippen LogP contribution in [0.3, 0.4) is 0 Å². The summed E-state index contributed by atoms with van der Waals surface area (Å²) in [6, 6.07) is 0.847. The molecule has 0 aliphatic heterocycles. The molecule has 0 saturated carbocycles. The molecule has 0 aromatic carbocycles. The van der Waals surface area contributed by atoms with Crippen LogP contribution in [0.25, 0.3) is 0 Å². The number of hydrogen-bond acceptors (Lipinski definition) is 5. The van der Waals surface area contributed by atoms with Crippen molar-refractivity contribution < 1.29 is 31.1 Å². The molecular formula is C7H6F3IN2O4S. The van der Waals surface area contributed by atoms with Gasteiger partial charge in [-0.05, 0) is 28.7 Å². The maximum Gasteiger partial charge on any atom is 0.573 e. The van der Waals surface area contributed by atoms with Crippen molar-refractivity contribution in [3.63, 3.8) is 0 Å². The van der Waals surface area contributed by atoms with Crippen molar-refractivity contribution in [2.75, 3.05) is 7.11 Å². The van der Waals surface area contributed by atoms with Crippen LogP contribution in [0.15, 0.2) is 11.0 Å². The monoisotopic (exact) mass is 398 g/mol. The van der Waals surface area contributed by atoms with E-state index in [0.29, 0.717) is 0 Å². The van der Waals surface area contributed by atoms with Crippen molar-refractivity contribution >= 4 is 32.6 Å². The SMILES string of the molecule is COc1nc(I)cc(S(N)(=O)=O)c1OC(F)(F)F. The molecule has 0 atom stereocenters. The molecule has 1 rings (SSSR count). The van der Waals surface area contributed by atoms with Crippen LogP contribution in [0.4, 0.5) is 13.2 Å². The zero-order valence-electron chi connectivity index (χ0n) is 8.66. The Balaban J connectivity index is 3.53. The van der Waals surface area contributed by atoms with Crippen molar-refractivity contribution in [3.05, 3.63) is 9.77 Å². The van der Waals surface area contributed by atoms with E-state index in [1.165, 1.54) is 0 Å². The van der Waals surface area contributed by atoms with Gasteiger partial charge in [0.05, 0.1) is 7.11 Å². The number of rotatable bonds is 3. The topological polar surface area (TPSA) is 91.5 Å². The quantitative estimate of drug-likeness (QED) is 0.611. The van der Waals surface area contributed by atoms with Gasteiger partial charge >= 0.3 is 6.36 Å². The molecule has 6 nitrogen and oxygen atoms in total. The first-order valence-electron chi connectivity index (χ1n) is 4.07. The number of methoxy groups -OCH3 is 1.